The Hall–Kier alpha value is -1.40. The lowest BCUT2D eigenvalue weighted by atomic mass is 10.3. The molecule has 1 aromatic carbocycles. The Labute approximate surface area is 119 Å². The van der Waals surface area contributed by atoms with Gasteiger partial charge in [-0.2, -0.15) is 4.98 Å². The van der Waals surface area contributed by atoms with Crippen LogP contribution in [0.15, 0.2) is 33.4 Å². The maximum absolute atomic E-state index is 12.9. The Kier molecular flexibility index (Phi) is 4.55. The topological polar surface area (TPSA) is 47.3 Å². The molecule has 2 rings (SSSR count). The van der Waals surface area contributed by atoms with Gasteiger partial charge in [0.2, 0.25) is 0 Å². The second-order valence-corrected chi connectivity index (χ2v) is 5.17. The van der Waals surface area contributed by atoms with E-state index < -0.39 is 0 Å². The van der Waals surface area contributed by atoms with E-state index in [1.807, 2.05) is 13.8 Å². The molecule has 2 aromatic rings. The highest BCUT2D eigenvalue weighted by atomic mass is 79.9. The lowest BCUT2D eigenvalue weighted by Gasteiger charge is -2.04. The van der Waals surface area contributed by atoms with Crippen LogP contribution in [0.3, 0.4) is 0 Å². The Morgan fingerprint density at radius 1 is 1.47 bits per heavy atom. The molecule has 0 radical (unpaired) electrons. The molecule has 0 saturated carbocycles. The number of aromatic nitrogens is 1. The number of rotatable bonds is 5. The summed E-state index contributed by atoms with van der Waals surface area (Å²) in [6, 6.07) is 4.51. The summed E-state index contributed by atoms with van der Waals surface area (Å²) >= 11 is 3.21. The van der Waals surface area contributed by atoms with Crippen molar-refractivity contribution in [3.05, 3.63) is 40.4 Å². The molecule has 1 N–H and O–H groups in total. The third kappa shape index (κ3) is 4.04. The molecule has 6 heteroatoms. The van der Waals surface area contributed by atoms with Gasteiger partial charge in [-0.15, -0.1) is 0 Å². The average molecular weight is 329 g/mol. The summed E-state index contributed by atoms with van der Waals surface area (Å²) in [5, 5.41) is 3.22. The summed E-state index contributed by atoms with van der Waals surface area (Å²) in [6.07, 6.45) is 1.66. The Bertz CT molecular complexity index is 557. The lowest BCUT2D eigenvalue weighted by molar-refractivity contribution is 0.329. The van der Waals surface area contributed by atoms with Gasteiger partial charge in [0.1, 0.15) is 17.8 Å². The lowest BCUT2D eigenvalue weighted by Crippen LogP contribution is -2.21. The molecule has 1 aromatic heterocycles. The Morgan fingerprint density at radius 3 is 2.95 bits per heavy atom. The van der Waals surface area contributed by atoms with Crippen molar-refractivity contribution in [1.29, 1.82) is 0 Å². The van der Waals surface area contributed by atoms with E-state index in [2.05, 4.69) is 26.2 Å². The second kappa shape index (κ2) is 6.16. The third-order valence-corrected chi connectivity index (χ3v) is 2.93. The first kappa shape index (κ1) is 14.0. The second-order valence-electron chi connectivity index (χ2n) is 4.32. The van der Waals surface area contributed by atoms with Crippen LogP contribution in [0.4, 0.5) is 4.39 Å². The third-order valence-electron chi connectivity index (χ3n) is 2.31. The minimum absolute atomic E-state index is 0.132. The fourth-order valence-electron chi connectivity index (χ4n) is 1.38. The largest absolute Gasteiger partial charge is 0.417 e. The van der Waals surface area contributed by atoms with Crippen LogP contribution in [0.5, 0.6) is 11.8 Å². The fraction of sp³-hybridized carbons (Fsp3) is 0.308. The molecule has 0 saturated heterocycles. The predicted molar refractivity (Wildman–Crippen MR) is 72.7 cm³/mol. The molecular weight excluding hydrogens is 315 g/mol. The van der Waals surface area contributed by atoms with E-state index in [0.717, 1.165) is 5.69 Å². The SMILES string of the molecule is CC(C)NCc1coc(Oc2ccc(F)cc2Br)n1. The van der Waals surface area contributed by atoms with Gasteiger partial charge in [-0.25, -0.2) is 4.39 Å². The molecule has 0 fully saturated rings. The van der Waals surface area contributed by atoms with Crippen LogP contribution in [-0.4, -0.2) is 11.0 Å². The van der Waals surface area contributed by atoms with Gasteiger partial charge in [0, 0.05) is 12.6 Å². The van der Waals surface area contributed by atoms with Crippen molar-refractivity contribution in [3.63, 3.8) is 0 Å². The van der Waals surface area contributed by atoms with Crippen molar-refractivity contribution in [2.45, 2.75) is 26.4 Å². The number of nitrogens with zero attached hydrogens (tertiary/aromatic N) is 1. The van der Waals surface area contributed by atoms with Crippen LogP contribution >= 0.6 is 15.9 Å². The molecule has 0 unspecified atom stereocenters. The van der Waals surface area contributed by atoms with E-state index in [4.69, 9.17) is 9.15 Å². The first-order valence-corrected chi connectivity index (χ1v) is 6.64. The highest BCUT2D eigenvalue weighted by Crippen LogP contribution is 2.29. The number of nitrogens with one attached hydrogen (secondary N) is 1. The average Bonchev–Trinajstić information content (AvgIpc) is 2.78. The van der Waals surface area contributed by atoms with Crippen LogP contribution in [0.25, 0.3) is 0 Å². The van der Waals surface area contributed by atoms with Gasteiger partial charge in [-0.1, -0.05) is 13.8 Å². The molecule has 0 spiro atoms. The predicted octanol–water partition coefficient (Wildman–Crippen LogP) is 3.87. The zero-order valence-corrected chi connectivity index (χ0v) is 12.2. The number of benzene rings is 1. The van der Waals surface area contributed by atoms with Gasteiger partial charge in [0.25, 0.3) is 0 Å². The standard InChI is InChI=1S/C13H14BrFN2O2/c1-8(2)16-6-10-7-18-13(17-10)19-12-4-3-9(15)5-11(12)14/h3-5,7-8,16H,6H2,1-2H3. The highest BCUT2D eigenvalue weighted by molar-refractivity contribution is 9.10. The summed E-state index contributed by atoms with van der Waals surface area (Å²) in [7, 11) is 0. The number of hydrogen-bond donors (Lipinski definition) is 1. The van der Waals surface area contributed by atoms with E-state index in [1.54, 1.807) is 0 Å². The maximum Gasteiger partial charge on any atom is 0.399 e. The Balaban J connectivity index is 2.03. The van der Waals surface area contributed by atoms with Crippen LogP contribution < -0.4 is 10.1 Å². The minimum atomic E-state index is -0.339. The van der Waals surface area contributed by atoms with Gasteiger partial charge in [0.05, 0.1) is 10.2 Å². The number of ether oxygens (including phenoxy) is 1. The number of hydrogen-bond acceptors (Lipinski definition) is 4. The van der Waals surface area contributed by atoms with Crippen molar-refractivity contribution in [1.82, 2.24) is 10.3 Å². The highest BCUT2D eigenvalue weighted by Gasteiger charge is 2.09. The fourth-order valence-corrected chi connectivity index (χ4v) is 1.81. The summed E-state index contributed by atoms with van der Waals surface area (Å²) in [4.78, 5) is 4.18. The van der Waals surface area contributed by atoms with Crippen molar-refractivity contribution >= 4 is 15.9 Å². The van der Waals surface area contributed by atoms with Gasteiger partial charge >= 0.3 is 6.08 Å². The van der Waals surface area contributed by atoms with Crippen LogP contribution in [-0.2, 0) is 6.54 Å². The first-order valence-electron chi connectivity index (χ1n) is 5.85. The minimum Gasteiger partial charge on any atom is -0.417 e. The molecule has 4 nitrogen and oxygen atoms in total. The van der Waals surface area contributed by atoms with E-state index in [-0.39, 0.29) is 11.9 Å². The molecule has 102 valence electrons. The quantitative estimate of drug-likeness (QED) is 0.905. The van der Waals surface area contributed by atoms with Crippen molar-refractivity contribution < 1.29 is 13.5 Å². The van der Waals surface area contributed by atoms with Gasteiger partial charge < -0.3 is 14.5 Å². The zero-order valence-electron chi connectivity index (χ0n) is 10.6. The van der Waals surface area contributed by atoms with Gasteiger partial charge in [-0.05, 0) is 34.1 Å². The van der Waals surface area contributed by atoms with Crippen LogP contribution in [0.2, 0.25) is 0 Å². The number of halogens is 2. The molecule has 1 heterocycles. The molecule has 0 aliphatic carbocycles. The summed E-state index contributed by atoms with van der Waals surface area (Å²) in [6.45, 7) is 4.70. The zero-order chi connectivity index (χ0) is 13.8. The smallest absolute Gasteiger partial charge is 0.399 e. The normalized spacial score (nSPS) is 11.0. The van der Waals surface area contributed by atoms with Crippen LogP contribution in [0.1, 0.15) is 19.5 Å². The molecule has 0 aliphatic heterocycles. The summed E-state index contributed by atoms with van der Waals surface area (Å²) in [5.41, 5.74) is 0.752. The van der Waals surface area contributed by atoms with Crippen molar-refractivity contribution in [2.24, 2.45) is 0 Å². The maximum atomic E-state index is 12.9. The van der Waals surface area contributed by atoms with E-state index >= 15 is 0 Å². The van der Waals surface area contributed by atoms with Crippen molar-refractivity contribution in [2.75, 3.05) is 0 Å². The molecule has 0 atom stereocenters. The van der Waals surface area contributed by atoms with E-state index in [9.17, 15) is 4.39 Å². The monoisotopic (exact) mass is 328 g/mol. The van der Waals surface area contributed by atoms with E-state index in [0.29, 0.717) is 22.8 Å². The molecule has 0 amide bonds. The summed E-state index contributed by atoms with van der Waals surface area (Å²) in [5.74, 6) is 0.111. The molecule has 0 aliphatic rings. The molecule has 0 bridgehead atoms. The number of oxazole rings is 1. The van der Waals surface area contributed by atoms with Gasteiger partial charge in [-0.3, -0.25) is 0 Å². The summed E-state index contributed by atoms with van der Waals surface area (Å²) < 4.78 is 24.1. The molecule has 19 heavy (non-hydrogen) atoms. The molecular formula is C13H14BrFN2O2. The van der Waals surface area contributed by atoms with Gasteiger partial charge in [0.15, 0.2) is 0 Å². The van der Waals surface area contributed by atoms with Crippen molar-refractivity contribution in [3.8, 4) is 11.8 Å². The van der Waals surface area contributed by atoms with E-state index in [1.165, 1.54) is 24.5 Å². The van der Waals surface area contributed by atoms with Crippen LogP contribution in [0, 0.1) is 5.82 Å². The Morgan fingerprint density at radius 2 is 2.26 bits per heavy atom. The first-order chi connectivity index (χ1) is 9.04.